The Bertz CT molecular complexity index is 2160. The van der Waals surface area contributed by atoms with Gasteiger partial charge < -0.3 is 18.9 Å². The molecule has 0 aliphatic carbocycles. The van der Waals surface area contributed by atoms with Crippen molar-refractivity contribution in [3.63, 3.8) is 0 Å². The van der Waals surface area contributed by atoms with Crippen molar-refractivity contribution in [1.29, 1.82) is 0 Å². The lowest BCUT2D eigenvalue weighted by atomic mass is 9.96. The molecule has 0 bridgehead atoms. The Hall–Kier alpha value is -5.35. The van der Waals surface area contributed by atoms with E-state index in [-0.39, 0.29) is 29.4 Å². The smallest absolute Gasteiger partial charge is 0.338 e. The number of fused-ring (bicyclic) bond motifs is 1. The number of benzene rings is 3. The highest BCUT2D eigenvalue weighted by Gasteiger charge is 2.33. The number of nitro benzene ring substituents is 2. The van der Waals surface area contributed by atoms with Gasteiger partial charge >= 0.3 is 11.7 Å². The molecule has 16 heteroatoms. The van der Waals surface area contributed by atoms with Crippen molar-refractivity contribution in [2.24, 2.45) is 4.99 Å². The lowest BCUT2D eigenvalue weighted by molar-refractivity contribution is -0.394. The number of hydrogen-bond acceptors (Lipinski definition) is 12. The molecule has 14 nitrogen and oxygen atoms in total. The number of esters is 1. The van der Waals surface area contributed by atoms with Crippen LogP contribution >= 0.6 is 27.3 Å². The molecule has 0 saturated heterocycles. The molecule has 5 rings (SSSR count). The Morgan fingerprint density at radius 2 is 1.77 bits per heavy atom. The number of hydrogen-bond donors (Lipinski definition) is 0. The van der Waals surface area contributed by atoms with Crippen LogP contribution in [0.5, 0.6) is 23.0 Å². The van der Waals surface area contributed by atoms with Gasteiger partial charge in [0.2, 0.25) is 5.75 Å². The Morgan fingerprint density at radius 3 is 2.40 bits per heavy atom. The van der Waals surface area contributed by atoms with Crippen LogP contribution in [0.4, 0.5) is 11.4 Å². The Labute approximate surface area is 284 Å². The first-order valence-corrected chi connectivity index (χ1v) is 16.0. The maximum Gasteiger partial charge on any atom is 0.338 e. The zero-order chi connectivity index (χ0) is 34.7. The average Bonchev–Trinajstić information content (AvgIpc) is 3.35. The van der Waals surface area contributed by atoms with Crippen LogP contribution in [-0.2, 0) is 9.53 Å². The first-order valence-electron chi connectivity index (χ1n) is 14.4. The standard InChI is InChI=1S/C32H27BrN4O10S/c1-5-45-21-10-7-19(8-11-21)28-27(31(39)46-6-2)17(3)34-32-35(28)30(38)26(48-32)15-18-13-22(33)29(25(14-18)44-4)47-24-12-9-20(36(40)41)16-23(24)37(42)43/h7-16,28H,5-6H2,1-4H3/b26-15-/t28-/m0/s1. The molecule has 4 aromatic rings. The number of halogens is 1. The number of methoxy groups -OCH3 is 1. The summed E-state index contributed by atoms with van der Waals surface area (Å²) in [5.74, 6) is 0.0429. The number of nitro groups is 2. The summed E-state index contributed by atoms with van der Waals surface area (Å²) in [4.78, 5) is 53.4. The molecule has 48 heavy (non-hydrogen) atoms. The number of ether oxygens (including phenoxy) is 4. The number of thiazole rings is 1. The molecule has 1 aliphatic heterocycles. The van der Waals surface area contributed by atoms with E-state index in [1.807, 2.05) is 6.92 Å². The molecule has 0 amide bonds. The Morgan fingerprint density at radius 1 is 1.04 bits per heavy atom. The molecular formula is C32H27BrN4O10S. The molecule has 2 heterocycles. The van der Waals surface area contributed by atoms with Crippen molar-refractivity contribution in [1.82, 2.24) is 4.57 Å². The van der Waals surface area contributed by atoms with Crippen molar-refractivity contribution < 1.29 is 33.6 Å². The Balaban J connectivity index is 1.60. The summed E-state index contributed by atoms with van der Waals surface area (Å²) in [5, 5.41) is 22.8. The third-order valence-corrected chi connectivity index (χ3v) is 8.71. The molecule has 0 spiro atoms. The van der Waals surface area contributed by atoms with Crippen molar-refractivity contribution in [2.75, 3.05) is 20.3 Å². The first-order chi connectivity index (χ1) is 23.0. The lowest BCUT2D eigenvalue weighted by Crippen LogP contribution is -2.39. The van der Waals surface area contributed by atoms with E-state index in [9.17, 15) is 29.8 Å². The van der Waals surface area contributed by atoms with Crippen LogP contribution in [0.25, 0.3) is 6.08 Å². The second-order valence-electron chi connectivity index (χ2n) is 10.1. The van der Waals surface area contributed by atoms with Gasteiger partial charge in [0.05, 0.1) is 62.6 Å². The molecule has 0 unspecified atom stereocenters. The van der Waals surface area contributed by atoms with E-state index in [0.717, 1.165) is 29.5 Å². The number of rotatable bonds is 11. The first kappa shape index (κ1) is 34.0. The van der Waals surface area contributed by atoms with E-state index in [2.05, 4.69) is 20.9 Å². The van der Waals surface area contributed by atoms with Gasteiger partial charge in [-0.25, -0.2) is 9.79 Å². The highest BCUT2D eigenvalue weighted by molar-refractivity contribution is 9.10. The fourth-order valence-electron chi connectivity index (χ4n) is 5.05. The van der Waals surface area contributed by atoms with Crippen LogP contribution in [0.15, 0.2) is 80.1 Å². The molecule has 1 aromatic heterocycles. The minimum Gasteiger partial charge on any atom is -0.494 e. The predicted molar refractivity (Wildman–Crippen MR) is 179 cm³/mol. The van der Waals surface area contributed by atoms with E-state index in [1.54, 1.807) is 56.3 Å². The maximum atomic E-state index is 14.0. The summed E-state index contributed by atoms with van der Waals surface area (Å²) in [6, 6.07) is 12.5. The van der Waals surface area contributed by atoms with Gasteiger partial charge in [-0.2, -0.15) is 0 Å². The van der Waals surface area contributed by atoms with Gasteiger partial charge in [0.1, 0.15) is 5.75 Å². The number of nitrogens with zero attached hydrogens (tertiary/aromatic N) is 4. The van der Waals surface area contributed by atoms with E-state index in [0.29, 0.717) is 43.0 Å². The van der Waals surface area contributed by atoms with Gasteiger partial charge in [-0.15, -0.1) is 0 Å². The van der Waals surface area contributed by atoms with Crippen molar-refractivity contribution in [3.05, 3.63) is 121 Å². The topological polar surface area (TPSA) is 175 Å². The van der Waals surface area contributed by atoms with Crippen LogP contribution in [0, 0.1) is 20.2 Å². The molecule has 0 saturated carbocycles. The number of allylic oxidation sites excluding steroid dienone is 1. The Kier molecular flexibility index (Phi) is 10.0. The minimum absolute atomic E-state index is 0.0678. The van der Waals surface area contributed by atoms with Crippen molar-refractivity contribution in [2.45, 2.75) is 26.8 Å². The molecule has 1 atom stereocenters. The van der Waals surface area contributed by atoms with Crippen molar-refractivity contribution >= 4 is 50.7 Å². The van der Waals surface area contributed by atoms with Gasteiger partial charge in [-0.05, 0) is 84.2 Å². The van der Waals surface area contributed by atoms with E-state index < -0.39 is 38.8 Å². The van der Waals surface area contributed by atoms with Crippen LogP contribution in [0.3, 0.4) is 0 Å². The predicted octanol–water partition coefficient (Wildman–Crippen LogP) is 5.58. The summed E-state index contributed by atoms with van der Waals surface area (Å²) in [5.41, 5.74) is 0.360. The third-order valence-electron chi connectivity index (χ3n) is 7.14. The van der Waals surface area contributed by atoms with Gasteiger partial charge in [-0.3, -0.25) is 29.6 Å². The molecule has 0 radical (unpaired) electrons. The summed E-state index contributed by atoms with van der Waals surface area (Å²) < 4.78 is 24.3. The number of non-ortho nitro benzene ring substituents is 1. The quantitative estimate of drug-likeness (QED) is 0.107. The highest BCUT2D eigenvalue weighted by atomic mass is 79.9. The summed E-state index contributed by atoms with van der Waals surface area (Å²) in [7, 11) is 1.37. The fraction of sp³-hybridized carbons (Fsp3) is 0.219. The van der Waals surface area contributed by atoms with Gasteiger partial charge in [-0.1, -0.05) is 23.5 Å². The summed E-state index contributed by atoms with van der Waals surface area (Å²) in [6.07, 6.45) is 1.62. The monoisotopic (exact) mass is 738 g/mol. The highest BCUT2D eigenvalue weighted by Crippen LogP contribution is 2.43. The average molecular weight is 740 g/mol. The van der Waals surface area contributed by atoms with Crippen LogP contribution in [0.1, 0.15) is 37.9 Å². The zero-order valence-corrected chi connectivity index (χ0v) is 28.3. The lowest BCUT2D eigenvalue weighted by Gasteiger charge is -2.24. The zero-order valence-electron chi connectivity index (χ0n) is 25.9. The fourth-order valence-corrected chi connectivity index (χ4v) is 6.64. The second kappa shape index (κ2) is 14.2. The molecule has 3 aromatic carbocycles. The van der Waals surface area contributed by atoms with E-state index in [4.69, 9.17) is 18.9 Å². The molecular weight excluding hydrogens is 712 g/mol. The summed E-state index contributed by atoms with van der Waals surface area (Å²) in [6.45, 7) is 5.89. The summed E-state index contributed by atoms with van der Waals surface area (Å²) >= 11 is 4.55. The molecule has 1 aliphatic rings. The number of aromatic nitrogens is 1. The maximum absolute atomic E-state index is 14.0. The normalized spacial score (nSPS) is 14.2. The van der Waals surface area contributed by atoms with Crippen molar-refractivity contribution in [3.8, 4) is 23.0 Å². The molecule has 248 valence electrons. The van der Waals surface area contributed by atoms with Crippen LogP contribution in [-0.4, -0.2) is 40.7 Å². The van der Waals surface area contributed by atoms with Gasteiger partial charge in [0.15, 0.2) is 16.3 Å². The van der Waals surface area contributed by atoms with E-state index >= 15 is 0 Å². The molecule has 0 N–H and O–H groups in total. The van der Waals surface area contributed by atoms with Gasteiger partial charge in [0.25, 0.3) is 11.2 Å². The third kappa shape index (κ3) is 6.70. The van der Waals surface area contributed by atoms with Crippen LogP contribution < -0.4 is 29.1 Å². The SMILES string of the molecule is CCOC(=O)C1=C(C)N=c2s/c(=C\c3cc(Br)c(Oc4ccc([N+](=O)[O-])cc4[N+](=O)[O-])c(OC)c3)c(=O)n2[C@H]1c1ccc(OCC)cc1. The number of carbonyl (C=O) groups is 1. The largest absolute Gasteiger partial charge is 0.494 e. The molecule has 0 fully saturated rings. The minimum atomic E-state index is -0.812. The second-order valence-corrected chi connectivity index (χ2v) is 12.0. The van der Waals surface area contributed by atoms with Crippen LogP contribution in [0.2, 0.25) is 0 Å². The van der Waals surface area contributed by atoms with E-state index in [1.165, 1.54) is 11.7 Å². The van der Waals surface area contributed by atoms with Gasteiger partial charge in [0, 0.05) is 6.07 Å². The number of carbonyl (C=O) groups excluding carboxylic acids is 1.